The Labute approximate surface area is 199 Å². The molecule has 0 spiro atoms. The number of esters is 2. The maximum Gasteiger partial charge on any atom is 0.340 e. The highest BCUT2D eigenvalue weighted by molar-refractivity contribution is 14.1. The number of nitrogens with zero attached hydrogens (tertiary/aromatic N) is 2. The number of hydrogen-bond acceptors (Lipinski definition) is 6. The van der Waals surface area contributed by atoms with Crippen LogP contribution in [0.5, 0.6) is 0 Å². The molecule has 0 aliphatic rings. The number of hydrogen-bond donors (Lipinski definition) is 0. The Morgan fingerprint density at radius 3 is 1.66 bits per heavy atom. The van der Waals surface area contributed by atoms with Crippen molar-refractivity contribution in [2.24, 2.45) is 0 Å². The molecule has 0 bridgehead atoms. The van der Waals surface area contributed by atoms with E-state index < -0.39 is 11.9 Å². The van der Waals surface area contributed by atoms with E-state index in [4.69, 9.17) is 9.47 Å². The van der Waals surface area contributed by atoms with Crippen LogP contribution < -0.4 is 0 Å². The molecule has 0 aliphatic heterocycles. The molecule has 0 fully saturated rings. The monoisotopic (exact) mass is 536 g/mol. The second-order valence-corrected chi connectivity index (χ2v) is 7.86. The fraction of sp³-hybridized carbons (Fsp3) is 0.120. The zero-order valence-electron chi connectivity index (χ0n) is 17.1. The lowest BCUT2D eigenvalue weighted by molar-refractivity contribution is 0.0467. The topological polar surface area (TPSA) is 100 Å². The fourth-order valence-electron chi connectivity index (χ4n) is 3.14. The van der Waals surface area contributed by atoms with Gasteiger partial charge in [0.05, 0.1) is 22.3 Å². The highest BCUT2D eigenvalue weighted by Gasteiger charge is 2.29. The Kier molecular flexibility index (Phi) is 7.58. The molecule has 3 aromatic carbocycles. The van der Waals surface area contributed by atoms with E-state index in [0.29, 0.717) is 0 Å². The Hall–Kier alpha value is -3.69. The van der Waals surface area contributed by atoms with Crippen molar-refractivity contribution in [3.63, 3.8) is 0 Å². The van der Waals surface area contributed by atoms with Crippen LogP contribution in [0.4, 0.5) is 0 Å². The van der Waals surface area contributed by atoms with Crippen molar-refractivity contribution in [2.45, 2.75) is 20.1 Å². The largest absolute Gasteiger partial charge is 0.457 e. The standard InChI is InChI=1S/C25H17IN2O4/c1-16-21(24(29)31-14-17-8-4-2-5-9-17)19(12-27)20(13-28)23(26)22(16)25(30)32-15-18-10-6-3-7-11-18/h2-11H,14-15H2,1H3. The van der Waals surface area contributed by atoms with E-state index in [1.807, 2.05) is 83.3 Å². The summed E-state index contributed by atoms with van der Waals surface area (Å²) in [6.45, 7) is 1.57. The second kappa shape index (κ2) is 10.6. The molecule has 0 aliphatic carbocycles. The molecule has 0 unspecified atom stereocenters. The summed E-state index contributed by atoms with van der Waals surface area (Å²) < 4.78 is 11.1. The van der Waals surface area contributed by atoms with Gasteiger partial charge in [-0.2, -0.15) is 10.5 Å². The lowest BCUT2D eigenvalue weighted by Crippen LogP contribution is -2.18. The highest BCUT2D eigenvalue weighted by atomic mass is 127. The van der Waals surface area contributed by atoms with Crippen LogP contribution in [0.2, 0.25) is 0 Å². The molecule has 32 heavy (non-hydrogen) atoms. The SMILES string of the molecule is Cc1c(C(=O)OCc2ccccc2)c(I)c(C#N)c(C#N)c1C(=O)OCc1ccccc1. The van der Waals surface area contributed by atoms with Gasteiger partial charge in [-0.1, -0.05) is 60.7 Å². The minimum Gasteiger partial charge on any atom is -0.457 e. The van der Waals surface area contributed by atoms with Gasteiger partial charge in [-0.3, -0.25) is 0 Å². The molecule has 0 atom stereocenters. The molecule has 0 saturated heterocycles. The normalized spacial score (nSPS) is 10.0. The van der Waals surface area contributed by atoms with Gasteiger partial charge in [-0.25, -0.2) is 9.59 Å². The first-order chi connectivity index (χ1) is 15.5. The molecular formula is C25H17IN2O4. The molecular weight excluding hydrogens is 519 g/mol. The molecule has 0 radical (unpaired) electrons. The van der Waals surface area contributed by atoms with E-state index in [1.165, 1.54) is 0 Å². The zero-order chi connectivity index (χ0) is 23.1. The third-order valence-corrected chi connectivity index (χ3v) is 5.83. The average Bonchev–Trinajstić information content (AvgIpc) is 2.82. The summed E-state index contributed by atoms with van der Waals surface area (Å²) >= 11 is 1.83. The van der Waals surface area contributed by atoms with Gasteiger partial charge in [0.15, 0.2) is 0 Å². The van der Waals surface area contributed by atoms with E-state index in [-0.39, 0.29) is 44.6 Å². The van der Waals surface area contributed by atoms with Gasteiger partial charge in [0.2, 0.25) is 0 Å². The molecule has 0 heterocycles. The van der Waals surface area contributed by atoms with Gasteiger partial charge in [-0.15, -0.1) is 0 Å². The summed E-state index contributed by atoms with van der Waals surface area (Å²) in [6.07, 6.45) is 0. The van der Waals surface area contributed by atoms with Crippen LogP contribution in [-0.2, 0) is 22.7 Å². The van der Waals surface area contributed by atoms with Crippen LogP contribution in [0.3, 0.4) is 0 Å². The fourth-order valence-corrected chi connectivity index (χ4v) is 4.16. The van der Waals surface area contributed by atoms with Crippen molar-refractivity contribution in [2.75, 3.05) is 0 Å². The zero-order valence-corrected chi connectivity index (χ0v) is 19.3. The summed E-state index contributed by atoms with van der Waals surface area (Å²) in [4.78, 5) is 25.8. The maximum atomic E-state index is 12.9. The van der Waals surface area contributed by atoms with Crippen LogP contribution in [0.15, 0.2) is 60.7 Å². The average molecular weight is 536 g/mol. The molecule has 158 valence electrons. The van der Waals surface area contributed by atoms with Gasteiger partial charge in [0.1, 0.15) is 25.4 Å². The second-order valence-electron chi connectivity index (χ2n) is 6.79. The molecule has 6 nitrogen and oxygen atoms in total. The molecule has 0 aromatic heterocycles. The Morgan fingerprint density at radius 1 is 0.781 bits per heavy atom. The van der Waals surface area contributed by atoms with E-state index in [2.05, 4.69) is 0 Å². The maximum absolute atomic E-state index is 12.9. The van der Waals surface area contributed by atoms with E-state index in [1.54, 1.807) is 19.1 Å². The first kappa shape index (κ1) is 23.0. The third kappa shape index (κ3) is 4.96. The summed E-state index contributed by atoms with van der Waals surface area (Å²) in [7, 11) is 0. The van der Waals surface area contributed by atoms with Crippen LogP contribution in [0, 0.1) is 33.2 Å². The van der Waals surface area contributed by atoms with Crippen LogP contribution >= 0.6 is 22.6 Å². The molecule has 0 amide bonds. The minimum atomic E-state index is -0.784. The summed E-state index contributed by atoms with van der Waals surface area (Å²) in [5.41, 5.74) is 1.59. The first-order valence-corrected chi connectivity index (χ1v) is 10.6. The highest BCUT2D eigenvalue weighted by Crippen LogP contribution is 2.30. The summed E-state index contributed by atoms with van der Waals surface area (Å²) in [6, 6.07) is 22.1. The minimum absolute atomic E-state index is 0.00829. The van der Waals surface area contributed by atoms with Gasteiger partial charge < -0.3 is 9.47 Å². The number of nitriles is 2. The van der Waals surface area contributed by atoms with Crippen molar-refractivity contribution < 1.29 is 19.1 Å². The van der Waals surface area contributed by atoms with Crippen molar-refractivity contribution in [3.05, 3.63) is 103 Å². The number of rotatable bonds is 6. The summed E-state index contributed by atoms with van der Waals surface area (Å²) in [5, 5.41) is 19.3. The smallest absolute Gasteiger partial charge is 0.340 e. The molecule has 7 heteroatoms. The Morgan fingerprint density at radius 2 is 1.22 bits per heavy atom. The molecule has 3 aromatic rings. The number of benzene rings is 3. The number of carbonyl (C=O) groups is 2. The van der Waals surface area contributed by atoms with Crippen LogP contribution in [-0.4, -0.2) is 11.9 Å². The van der Waals surface area contributed by atoms with Crippen molar-refractivity contribution in [1.82, 2.24) is 0 Å². The first-order valence-electron chi connectivity index (χ1n) is 9.56. The Balaban J connectivity index is 1.97. The van der Waals surface area contributed by atoms with E-state index in [0.717, 1.165) is 11.1 Å². The number of carbonyl (C=O) groups excluding carboxylic acids is 2. The number of halogens is 1. The van der Waals surface area contributed by atoms with E-state index in [9.17, 15) is 20.1 Å². The third-order valence-electron chi connectivity index (χ3n) is 4.75. The Bertz CT molecular complexity index is 1240. The van der Waals surface area contributed by atoms with Gasteiger partial charge >= 0.3 is 11.9 Å². The predicted octanol–water partition coefficient (Wildman–Crippen LogP) is 5.06. The van der Waals surface area contributed by atoms with Crippen molar-refractivity contribution >= 4 is 34.5 Å². The van der Waals surface area contributed by atoms with Gasteiger partial charge in [0.25, 0.3) is 0 Å². The van der Waals surface area contributed by atoms with Gasteiger partial charge in [-0.05, 0) is 46.2 Å². The van der Waals surface area contributed by atoms with Crippen molar-refractivity contribution in [3.8, 4) is 12.1 Å². The summed E-state index contributed by atoms with van der Waals surface area (Å²) in [5.74, 6) is -1.47. The van der Waals surface area contributed by atoms with Crippen LogP contribution in [0.1, 0.15) is 48.5 Å². The molecule has 3 rings (SSSR count). The van der Waals surface area contributed by atoms with Crippen LogP contribution in [0.25, 0.3) is 0 Å². The molecule has 0 N–H and O–H groups in total. The predicted molar refractivity (Wildman–Crippen MR) is 124 cm³/mol. The van der Waals surface area contributed by atoms with Crippen molar-refractivity contribution in [1.29, 1.82) is 10.5 Å². The van der Waals surface area contributed by atoms with Gasteiger partial charge in [0, 0.05) is 3.57 Å². The number of ether oxygens (including phenoxy) is 2. The lowest BCUT2D eigenvalue weighted by atomic mass is 9.93. The quantitative estimate of drug-likeness (QED) is 0.323. The lowest BCUT2D eigenvalue weighted by Gasteiger charge is -2.16. The molecule has 0 saturated carbocycles. The van der Waals surface area contributed by atoms with E-state index >= 15 is 0 Å².